The molecular weight excluding hydrogens is 164 g/mol. The van der Waals surface area contributed by atoms with Crippen molar-refractivity contribution in [2.75, 3.05) is 7.05 Å². The van der Waals surface area contributed by atoms with Gasteiger partial charge in [-0.3, -0.25) is 4.79 Å². The number of nitrogens with two attached hydrogens (primary N) is 1. The summed E-state index contributed by atoms with van der Waals surface area (Å²) >= 11 is 0. The second kappa shape index (κ2) is 3.66. The van der Waals surface area contributed by atoms with Crippen LogP contribution in [0.3, 0.4) is 0 Å². The number of carbonyl (C=O) groups is 1. The van der Waals surface area contributed by atoms with Gasteiger partial charge in [0.25, 0.3) is 0 Å². The summed E-state index contributed by atoms with van der Waals surface area (Å²) in [6.07, 6.45) is 3.18. The van der Waals surface area contributed by atoms with Gasteiger partial charge in [-0.05, 0) is 25.3 Å². The Hall–Kier alpha value is -0.570. The van der Waals surface area contributed by atoms with Gasteiger partial charge in [0, 0.05) is 0 Å². The van der Waals surface area contributed by atoms with E-state index in [2.05, 4.69) is 19.2 Å². The van der Waals surface area contributed by atoms with Crippen molar-refractivity contribution in [2.45, 2.75) is 38.6 Å². The van der Waals surface area contributed by atoms with Crippen LogP contribution in [-0.4, -0.2) is 18.5 Å². The molecule has 0 aromatic carbocycles. The van der Waals surface area contributed by atoms with Crippen LogP contribution in [-0.2, 0) is 4.79 Å². The van der Waals surface area contributed by atoms with Crippen LogP contribution < -0.4 is 11.1 Å². The predicted molar refractivity (Wildman–Crippen MR) is 53.2 cm³/mol. The minimum Gasteiger partial charge on any atom is -0.368 e. The van der Waals surface area contributed by atoms with Crippen LogP contribution in [0.25, 0.3) is 0 Å². The molecule has 1 rings (SSSR count). The van der Waals surface area contributed by atoms with E-state index in [0.29, 0.717) is 11.8 Å². The number of primary amides is 1. The lowest BCUT2D eigenvalue weighted by Gasteiger charge is -2.43. The van der Waals surface area contributed by atoms with Crippen molar-refractivity contribution in [2.24, 2.45) is 17.6 Å². The third-order valence-corrected chi connectivity index (χ3v) is 3.75. The maximum atomic E-state index is 11.4. The van der Waals surface area contributed by atoms with Gasteiger partial charge >= 0.3 is 0 Å². The number of hydrogen-bond donors (Lipinski definition) is 2. The molecule has 3 heteroatoms. The number of rotatable bonds is 2. The summed E-state index contributed by atoms with van der Waals surface area (Å²) in [5.74, 6) is 0.714. The van der Waals surface area contributed by atoms with E-state index in [9.17, 15) is 4.79 Å². The zero-order valence-corrected chi connectivity index (χ0v) is 8.76. The van der Waals surface area contributed by atoms with E-state index >= 15 is 0 Å². The van der Waals surface area contributed by atoms with Crippen LogP contribution in [0.4, 0.5) is 0 Å². The fraction of sp³-hybridized carbons (Fsp3) is 0.900. The molecule has 1 saturated carbocycles. The third-order valence-electron chi connectivity index (χ3n) is 3.75. The first-order chi connectivity index (χ1) is 6.04. The summed E-state index contributed by atoms with van der Waals surface area (Å²) < 4.78 is 0. The molecule has 0 radical (unpaired) electrons. The van der Waals surface area contributed by atoms with Crippen LogP contribution in [0.2, 0.25) is 0 Å². The van der Waals surface area contributed by atoms with Gasteiger partial charge in [-0.2, -0.15) is 0 Å². The number of hydrogen-bond acceptors (Lipinski definition) is 2. The highest BCUT2D eigenvalue weighted by Crippen LogP contribution is 2.37. The molecule has 3 atom stereocenters. The Balaban J connectivity index is 2.89. The fourth-order valence-electron chi connectivity index (χ4n) is 2.49. The van der Waals surface area contributed by atoms with Crippen molar-refractivity contribution in [3.05, 3.63) is 0 Å². The molecule has 1 fully saturated rings. The van der Waals surface area contributed by atoms with Crippen LogP contribution in [0.15, 0.2) is 0 Å². The number of carbonyl (C=O) groups excluding carboxylic acids is 1. The van der Waals surface area contributed by atoms with Crippen molar-refractivity contribution < 1.29 is 4.79 Å². The van der Waals surface area contributed by atoms with E-state index < -0.39 is 5.54 Å². The highest BCUT2D eigenvalue weighted by Gasteiger charge is 2.44. The molecule has 3 unspecified atom stereocenters. The molecule has 0 aromatic rings. The summed E-state index contributed by atoms with van der Waals surface area (Å²) in [5, 5.41) is 3.12. The second-order valence-electron chi connectivity index (χ2n) is 4.24. The van der Waals surface area contributed by atoms with Crippen molar-refractivity contribution in [3.63, 3.8) is 0 Å². The summed E-state index contributed by atoms with van der Waals surface area (Å²) in [4.78, 5) is 11.4. The molecular formula is C10H20N2O. The quantitative estimate of drug-likeness (QED) is 0.669. The zero-order valence-electron chi connectivity index (χ0n) is 8.76. The summed E-state index contributed by atoms with van der Waals surface area (Å²) in [5.41, 5.74) is 5.00. The predicted octanol–water partition coefficient (Wildman–Crippen LogP) is 0.886. The van der Waals surface area contributed by atoms with Crippen molar-refractivity contribution in [1.82, 2.24) is 5.32 Å². The van der Waals surface area contributed by atoms with Gasteiger partial charge in [0.05, 0.1) is 0 Å². The molecule has 1 amide bonds. The molecule has 76 valence electrons. The van der Waals surface area contributed by atoms with Crippen LogP contribution in [0, 0.1) is 11.8 Å². The highest BCUT2D eigenvalue weighted by molar-refractivity contribution is 5.85. The lowest BCUT2D eigenvalue weighted by atomic mass is 9.68. The molecule has 0 saturated heterocycles. The average molecular weight is 184 g/mol. The largest absolute Gasteiger partial charge is 0.368 e. The number of amides is 1. The Bertz CT molecular complexity index is 205. The van der Waals surface area contributed by atoms with Crippen LogP contribution >= 0.6 is 0 Å². The van der Waals surface area contributed by atoms with Gasteiger partial charge in [0.2, 0.25) is 5.91 Å². The smallest absolute Gasteiger partial charge is 0.238 e. The molecule has 1 aliphatic rings. The Labute approximate surface area is 80.1 Å². The average Bonchev–Trinajstić information content (AvgIpc) is 2.09. The Morgan fingerprint density at radius 1 is 1.54 bits per heavy atom. The van der Waals surface area contributed by atoms with Crippen molar-refractivity contribution in [1.29, 1.82) is 0 Å². The molecule has 0 spiro atoms. The van der Waals surface area contributed by atoms with Gasteiger partial charge in [-0.25, -0.2) is 0 Å². The third kappa shape index (κ3) is 1.57. The molecule has 0 bridgehead atoms. The summed E-state index contributed by atoms with van der Waals surface area (Å²) in [7, 11) is 1.83. The molecule has 0 aromatic heterocycles. The van der Waals surface area contributed by atoms with Crippen LogP contribution in [0.5, 0.6) is 0 Å². The molecule has 0 aliphatic heterocycles. The molecule has 0 heterocycles. The normalized spacial score (nSPS) is 40.2. The lowest BCUT2D eigenvalue weighted by Crippen LogP contribution is -2.61. The second-order valence-corrected chi connectivity index (χ2v) is 4.24. The first-order valence-electron chi connectivity index (χ1n) is 5.03. The highest BCUT2D eigenvalue weighted by atomic mass is 16.1. The van der Waals surface area contributed by atoms with Gasteiger partial charge in [-0.1, -0.05) is 26.7 Å². The minimum absolute atomic E-state index is 0.200. The van der Waals surface area contributed by atoms with Gasteiger partial charge < -0.3 is 11.1 Å². The first-order valence-corrected chi connectivity index (χ1v) is 5.03. The maximum Gasteiger partial charge on any atom is 0.238 e. The molecule has 3 nitrogen and oxygen atoms in total. The van der Waals surface area contributed by atoms with E-state index in [0.717, 1.165) is 12.8 Å². The maximum absolute atomic E-state index is 11.4. The number of likely N-dealkylation sites (N-methyl/N-ethyl adjacent to an activating group) is 1. The molecule has 13 heavy (non-hydrogen) atoms. The fourth-order valence-corrected chi connectivity index (χ4v) is 2.49. The topological polar surface area (TPSA) is 55.1 Å². The van der Waals surface area contributed by atoms with E-state index in [4.69, 9.17) is 5.73 Å². The van der Waals surface area contributed by atoms with E-state index in [1.165, 1.54) is 6.42 Å². The van der Waals surface area contributed by atoms with Crippen LogP contribution in [0.1, 0.15) is 33.1 Å². The van der Waals surface area contributed by atoms with E-state index in [-0.39, 0.29) is 5.91 Å². The summed E-state index contributed by atoms with van der Waals surface area (Å²) in [6.45, 7) is 4.31. The minimum atomic E-state index is -0.461. The van der Waals surface area contributed by atoms with E-state index in [1.54, 1.807) is 0 Å². The standard InChI is InChI=1S/C10H20N2O/c1-7-5-4-6-10(12-3,8(7)2)9(11)13/h7-8,12H,4-6H2,1-3H3,(H2,11,13). The summed E-state index contributed by atoms with van der Waals surface area (Å²) in [6, 6.07) is 0. The van der Waals surface area contributed by atoms with E-state index in [1.807, 2.05) is 7.05 Å². The monoisotopic (exact) mass is 184 g/mol. The Kier molecular flexibility index (Phi) is 2.96. The SMILES string of the molecule is CNC1(C(N)=O)CCCC(C)C1C. The van der Waals surface area contributed by atoms with Gasteiger partial charge in [0.1, 0.15) is 5.54 Å². The number of nitrogens with one attached hydrogen (secondary N) is 1. The molecule has 1 aliphatic carbocycles. The molecule has 3 N–H and O–H groups in total. The Morgan fingerprint density at radius 2 is 2.15 bits per heavy atom. The Morgan fingerprint density at radius 3 is 2.54 bits per heavy atom. The van der Waals surface area contributed by atoms with Gasteiger partial charge in [-0.15, -0.1) is 0 Å². The lowest BCUT2D eigenvalue weighted by molar-refractivity contribution is -0.128. The van der Waals surface area contributed by atoms with Gasteiger partial charge in [0.15, 0.2) is 0 Å². The van der Waals surface area contributed by atoms with Crippen molar-refractivity contribution in [3.8, 4) is 0 Å². The first kappa shape index (κ1) is 10.5. The zero-order chi connectivity index (χ0) is 10.1. The van der Waals surface area contributed by atoms with Crippen molar-refractivity contribution >= 4 is 5.91 Å².